The molecule has 2 aromatic heterocycles. The fourth-order valence-corrected chi connectivity index (χ4v) is 3.52. The molecule has 8 nitrogen and oxygen atoms in total. The lowest BCUT2D eigenvalue weighted by molar-refractivity contribution is 0.0933. The van der Waals surface area contributed by atoms with Crippen LogP contribution in [0.25, 0.3) is 16.7 Å². The molecule has 0 radical (unpaired) electrons. The first-order chi connectivity index (χ1) is 14.2. The summed E-state index contributed by atoms with van der Waals surface area (Å²) in [6.07, 6.45) is 4.02. The average molecular weight is 411 g/mol. The Hall–Kier alpha value is -3.27. The van der Waals surface area contributed by atoms with Crippen LogP contribution in [-0.4, -0.2) is 48.1 Å². The van der Waals surface area contributed by atoms with Gasteiger partial charge >= 0.3 is 0 Å². The van der Waals surface area contributed by atoms with Crippen LogP contribution in [0.3, 0.4) is 0 Å². The fourth-order valence-electron chi connectivity index (χ4n) is 3.05. The van der Waals surface area contributed by atoms with Gasteiger partial charge in [-0.05, 0) is 59.2 Å². The quantitative estimate of drug-likeness (QED) is 0.485. The maximum Gasteiger partial charge on any atom is 0.254 e. The van der Waals surface area contributed by atoms with Crippen molar-refractivity contribution in [3.05, 3.63) is 66.0 Å². The first kappa shape index (κ1) is 19.1. The molecule has 0 saturated heterocycles. The number of aromatic amines is 1. The van der Waals surface area contributed by atoms with Crippen molar-refractivity contribution in [3.8, 4) is 5.69 Å². The third-order valence-electron chi connectivity index (χ3n) is 4.45. The Morgan fingerprint density at radius 3 is 2.93 bits per heavy atom. The third kappa shape index (κ3) is 4.11. The van der Waals surface area contributed by atoms with E-state index in [2.05, 4.69) is 30.8 Å². The van der Waals surface area contributed by atoms with Crippen LogP contribution in [0.2, 0.25) is 0 Å². The first-order valence-electron chi connectivity index (χ1n) is 8.93. The number of carbonyl (C=O) groups excluding carboxylic acids is 1. The van der Waals surface area contributed by atoms with Crippen molar-refractivity contribution >= 4 is 28.7 Å². The van der Waals surface area contributed by atoms with E-state index in [4.69, 9.17) is 0 Å². The molecule has 0 aliphatic rings. The lowest BCUT2D eigenvalue weighted by atomic mass is 10.1. The largest absolute Gasteiger partial charge is 0.342 e. The highest BCUT2D eigenvalue weighted by Gasteiger charge is 2.22. The summed E-state index contributed by atoms with van der Waals surface area (Å²) < 4.78 is 15.2. The second-order valence-corrected chi connectivity index (χ2v) is 7.35. The molecule has 2 N–H and O–H groups in total. The minimum atomic E-state index is -0.517. The number of amides is 1. The fraction of sp³-hybridized carbons (Fsp3) is 0.211. The van der Waals surface area contributed by atoms with Gasteiger partial charge in [0, 0.05) is 0 Å². The highest BCUT2D eigenvalue weighted by molar-refractivity contribution is 7.98. The van der Waals surface area contributed by atoms with Crippen molar-refractivity contribution in [2.45, 2.75) is 12.5 Å². The van der Waals surface area contributed by atoms with Crippen LogP contribution in [0.4, 0.5) is 4.39 Å². The predicted molar refractivity (Wildman–Crippen MR) is 108 cm³/mol. The summed E-state index contributed by atoms with van der Waals surface area (Å²) in [5.41, 5.74) is 2.25. The van der Waals surface area contributed by atoms with Gasteiger partial charge in [-0.25, -0.2) is 9.37 Å². The minimum Gasteiger partial charge on any atom is -0.342 e. The van der Waals surface area contributed by atoms with E-state index >= 15 is 0 Å². The van der Waals surface area contributed by atoms with Gasteiger partial charge in [0.25, 0.3) is 5.91 Å². The molecule has 0 bridgehead atoms. The number of thioether (sulfide) groups is 1. The van der Waals surface area contributed by atoms with Crippen molar-refractivity contribution in [2.24, 2.45) is 0 Å². The number of tetrazole rings is 1. The monoisotopic (exact) mass is 411 g/mol. The number of fused-ring (bicyclic) bond motifs is 1. The van der Waals surface area contributed by atoms with Crippen LogP contribution >= 0.6 is 11.8 Å². The second-order valence-electron chi connectivity index (χ2n) is 6.36. The minimum absolute atomic E-state index is 0.141. The maximum absolute atomic E-state index is 13.9. The van der Waals surface area contributed by atoms with Gasteiger partial charge in [0.15, 0.2) is 0 Å². The molecule has 0 saturated carbocycles. The predicted octanol–water partition coefficient (Wildman–Crippen LogP) is 2.90. The molecule has 0 fully saturated rings. The Labute approximate surface area is 169 Å². The summed E-state index contributed by atoms with van der Waals surface area (Å²) >= 11 is 1.67. The van der Waals surface area contributed by atoms with E-state index in [1.165, 1.54) is 29.2 Å². The number of nitrogens with zero attached hydrogens (tertiary/aromatic N) is 5. The van der Waals surface area contributed by atoms with Crippen molar-refractivity contribution < 1.29 is 9.18 Å². The normalized spacial score (nSPS) is 12.2. The number of halogens is 1. The van der Waals surface area contributed by atoms with E-state index in [0.29, 0.717) is 17.9 Å². The van der Waals surface area contributed by atoms with Crippen LogP contribution in [-0.2, 0) is 0 Å². The zero-order valence-corrected chi connectivity index (χ0v) is 16.4. The molecule has 29 heavy (non-hydrogen) atoms. The summed E-state index contributed by atoms with van der Waals surface area (Å²) in [5.74, 6) is 0.539. The van der Waals surface area contributed by atoms with E-state index < -0.39 is 11.7 Å². The molecule has 10 heteroatoms. The van der Waals surface area contributed by atoms with Gasteiger partial charge in [-0.15, -0.1) is 5.10 Å². The molecule has 0 aliphatic heterocycles. The standard InChI is InChI=1S/C19H18FN7OS/c1-29-9-8-16(18-22-14-4-2-3-5-15(14)23-18)24-19(28)13-10-12(20)6-7-17(13)27-11-21-25-26-27/h2-7,10-11,16H,8-9H2,1H3,(H,22,23)(H,24,28). The number of para-hydroxylation sites is 2. The van der Waals surface area contributed by atoms with Crippen LogP contribution in [0.5, 0.6) is 0 Å². The van der Waals surface area contributed by atoms with Gasteiger partial charge in [-0.2, -0.15) is 16.4 Å². The number of nitrogens with one attached hydrogen (secondary N) is 2. The van der Waals surface area contributed by atoms with Gasteiger partial charge in [-0.3, -0.25) is 4.79 Å². The van der Waals surface area contributed by atoms with Gasteiger partial charge in [0.2, 0.25) is 0 Å². The maximum atomic E-state index is 13.9. The molecule has 0 aliphatic carbocycles. The number of aromatic nitrogens is 6. The van der Waals surface area contributed by atoms with Gasteiger partial charge in [0.05, 0.1) is 28.3 Å². The summed E-state index contributed by atoms with van der Waals surface area (Å²) in [5, 5.41) is 14.0. The zero-order chi connectivity index (χ0) is 20.2. The summed E-state index contributed by atoms with van der Waals surface area (Å²) in [6.45, 7) is 0. The summed E-state index contributed by atoms with van der Waals surface area (Å²) in [4.78, 5) is 20.9. The van der Waals surface area contributed by atoms with Crippen molar-refractivity contribution in [3.63, 3.8) is 0 Å². The van der Waals surface area contributed by atoms with Crippen LogP contribution in [0.15, 0.2) is 48.8 Å². The van der Waals surface area contributed by atoms with Gasteiger partial charge in [-0.1, -0.05) is 12.1 Å². The highest BCUT2D eigenvalue weighted by Crippen LogP contribution is 2.22. The lowest BCUT2D eigenvalue weighted by Gasteiger charge is -2.17. The van der Waals surface area contributed by atoms with Crippen molar-refractivity contribution in [1.82, 2.24) is 35.5 Å². The van der Waals surface area contributed by atoms with Crippen molar-refractivity contribution in [2.75, 3.05) is 12.0 Å². The Morgan fingerprint density at radius 1 is 1.31 bits per heavy atom. The molecule has 1 amide bonds. The van der Waals surface area contributed by atoms with Gasteiger partial charge < -0.3 is 10.3 Å². The number of imidazole rings is 1. The Balaban J connectivity index is 1.66. The number of rotatable bonds is 7. The summed E-state index contributed by atoms with van der Waals surface area (Å²) in [6, 6.07) is 11.2. The van der Waals surface area contributed by atoms with Gasteiger partial charge in [0.1, 0.15) is 18.0 Å². The molecule has 4 aromatic rings. The van der Waals surface area contributed by atoms with Crippen LogP contribution in [0, 0.1) is 5.82 Å². The van der Waals surface area contributed by atoms with Crippen molar-refractivity contribution in [1.29, 1.82) is 0 Å². The average Bonchev–Trinajstić information content (AvgIpc) is 3.40. The van der Waals surface area contributed by atoms with E-state index in [1.807, 2.05) is 30.5 Å². The Bertz CT molecular complexity index is 1100. The van der Waals surface area contributed by atoms with Crippen LogP contribution < -0.4 is 5.32 Å². The molecule has 2 heterocycles. The Kier molecular flexibility index (Phi) is 5.52. The SMILES string of the molecule is CSCCC(NC(=O)c1cc(F)ccc1-n1cnnn1)c1nc2ccccc2[nH]1. The van der Waals surface area contributed by atoms with E-state index in [9.17, 15) is 9.18 Å². The molecule has 148 valence electrons. The third-order valence-corrected chi connectivity index (χ3v) is 5.10. The van der Waals surface area contributed by atoms with E-state index in [0.717, 1.165) is 16.8 Å². The molecule has 4 rings (SSSR count). The zero-order valence-electron chi connectivity index (χ0n) is 15.5. The molecule has 2 aromatic carbocycles. The molecule has 1 unspecified atom stereocenters. The topological polar surface area (TPSA) is 101 Å². The molecule has 0 spiro atoms. The molecular formula is C19H18FN7OS. The smallest absolute Gasteiger partial charge is 0.254 e. The Morgan fingerprint density at radius 2 is 2.17 bits per heavy atom. The number of hydrogen-bond acceptors (Lipinski definition) is 6. The first-order valence-corrected chi connectivity index (χ1v) is 10.3. The lowest BCUT2D eigenvalue weighted by Crippen LogP contribution is -2.30. The van der Waals surface area contributed by atoms with E-state index in [1.54, 1.807) is 11.8 Å². The van der Waals surface area contributed by atoms with E-state index in [-0.39, 0.29) is 11.6 Å². The summed E-state index contributed by atoms with van der Waals surface area (Å²) in [7, 11) is 0. The second kappa shape index (κ2) is 8.39. The number of benzene rings is 2. The molecular weight excluding hydrogens is 393 g/mol. The number of H-pyrrole nitrogens is 1. The number of carbonyl (C=O) groups is 1. The van der Waals surface area contributed by atoms with Crippen LogP contribution in [0.1, 0.15) is 28.6 Å². The molecule has 1 atom stereocenters. The number of hydrogen-bond donors (Lipinski definition) is 2. The highest BCUT2D eigenvalue weighted by atomic mass is 32.2.